The topological polar surface area (TPSA) is 0 Å². The Hall–Kier alpha value is -6.32. The van der Waals surface area contributed by atoms with Gasteiger partial charge in [0.1, 0.15) is 0 Å². The Bertz CT molecular complexity index is 3450. The summed E-state index contributed by atoms with van der Waals surface area (Å²) in [5.74, 6) is 0. The van der Waals surface area contributed by atoms with Crippen molar-refractivity contribution in [2.24, 2.45) is 0 Å². The Morgan fingerprint density at radius 1 is 0.259 bits per heavy atom. The van der Waals surface area contributed by atoms with Crippen molar-refractivity contribution < 1.29 is 0 Å². The van der Waals surface area contributed by atoms with E-state index in [-0.39, 0.29) is 0 Å². The van der Waals surface area contributed by atoms with Crippen LogP contribution in [0.4, 0.5) is 0 Å². The molecule has 0 saturated carbocycles. The Labute approximate surface area is 319 Å². The predicted octanol–water partition coefficient (Wildman–Crippen LogP) is 16.0. The quantitative estimate of drug-likeness (QED) is 0.160. The summed E-state index contributed by atoms with van der Waals surface area (Å²) in [5.41, 5.74) is 7.66. The zero-order chi connectivity index (χ0) is 35.3. The Morgan fingerprint density at radius 3 is 1.63 bits per heavy atom. The average molecular weight is 719 g/mol. The molecule has 10 aromatic carbocycles. The molecular formula is C52H30S2. The van der Waals surface area contributed by atoms with Gasteiger partial charge in [0, 0.05) is 45.9 Å². The largest absolute Gasteiger partial charge is 0.135 e. The van der Waals surface area contributed by atoms with Gasteiger partial charge in [0.15, 0.2) is 0 Å². The van der Waals surface area contributed by atoms with Crippen molar-refractivity contribution in [2.45, 2.75) is 0 Å². The maximum atomic E-state index is 2.49. The minimum atomic E-state index is 1.23. The van der Waals surface area contributed by atoms with E-state index in [9.17, 15) is 0 Å². The molecule has 0 bridgehead atoms. The summed E-state index contributed by atoms with van der Waals surface area (Å²) in [7, 11) is 0. The number of hydrogen-bond donors (Lipinski definition) is 0. The van der Waals surface area contributed by atoms with Crippen molar-refractivity contribution in [3.8, 4) is 33.4 Å². The second-order valence-electron chi connectivity index (χ2n) is 14.3. The molecule has 0 aliphatic heterocycles. The van der Waals surface area contributed by atoms with E-state index in [1.807, 2.05) is 22.7 Å². The molecular weight excluding hydrogens is 689 g/mol. The van der Waals surface area contributed by atoms with Gasteiger partial charge in [-0.2, -0.15) is 0 Å². The zero-order valence-corrected chi connectivity index (χ0v) is 30.8. The number of fused-ring (bicyclic) bond motifs is 11. The molecule has 2 heteroatoms. The molecule has 0 fully saturated rings. The summed E-state index contributed by atoms with van der Waals surface area (Å²) in [6.07, 6.45) is 0. The molecule has 0 N–H and O–H groups in total. The molecule has 0 radical (unpaired) electrons. The lowest BCUT2D eigenvalue weighted by molar-refractivity contribution is 1.63. The lowest BCUT2D eigenvalue weighted by Crippen LogP contribution is -1.92. The Kier molecular flexibility index (Phi) is 6.48. The van der Waals surface area contributed by atoms with Crippen molar-refractivity contribution in [2.75, 3.05) is 0 Å². The van der Waals surface area contributed by atoms with E-state index in [1.54, 1.807) is 0 Å². The highest BCUT2D eigenvalue weighted by molar-refractivity contribution is 7.28. The molecule has 2 heterocycles. The third-order valence-electron chi connectivity index (χ3n) is 11.4. The first-order valence-electron chi connectivity index (χ1n) is 18.5. The van der Waals surface area contributed by atoms with Gasteiger partial charge in [0.25, 0.3) is 0 Å². The van der Waals surface area contributed by atoms with E-state index < -0.39 is 0 Å². The highest BCUT2D eigenvalue weighted by Gasteiger charge is 2.24. The van der Waals surface area contributed by atoms with Gasteiger partial charge >= 0.3 is 0 Å². The van der Waals surface area contributed by atoms with Crippen molar-refractivity contribution in [3.05, 3.63) is 182 Å². The first-order chi connectivity index (χ1) is 26.8. The molecule has 0 unspecified atom stereocenters. The first kappa shape index (κ1) is 30.2. The molecule has 12 aromatic rings. The summed E-state index contributed by atoms with van der Waals surface area (Å²) in [6, 6.07) is 67.8. The van der Waals surface area contributed by atoms with Gasteiger partial charge in [-0.3, -0.25) is 0 Å². The predicted molar refractivity (Wildman–Crippen MR) is 239 cm³/mol. The maximum absolute atomic E-state index is 2.49. The zero-order valence-electron chi connectivity index (χ0n) is 29.1. The van der Waals surface area contributed by atoms with Crippen LogP contribution >= 0.6 is 22.7 Å². The van der Waals surface area contributed by atoms with Crippen LogP contribution in [0, 0.1) is 0 Å². The number of thiophene rings is 2. The summed E-state index contributed by atoms with van der Waals surface area (Å²) >= 11 is 3.87. The SMILES string of the molecule is c1cc(-c2ccc3ccccc3c2)cc(-c2c3ccccc3c(-c3c4sc5ccc6ccccc6c5c4cc4sc5ccccc5c34)c3ccccc23)c1. The van der Waals surface area contributed by atoms with Crippen LogP contribution in [0.3, 0.4) is 0 Å². The normalized spacial score (nSPS) is 12.1. The van der Waals surface area contributed by atoms with Gasteiger partial charge < -0.3 is 0 Å². The fourth-order valence-electron chi connectivity index (χ4n) is 9.06. The van der Waals surface area contributed by atoms with Gasteiger partial charge in [0.05, 0.1) is 0 Å². The minimum Gasteiger partial charge on any atom is -0.135 e. The summed E-state index contributed by atoms with van der Waals surface area (Å²) < 4.78 is 5.37. The minimum absolute atomic E-state index is 1.23. The van der Waals surface area contributed by atoms with E-state index in [4.69, 9.17) is 0 Å². The number of hydrogen-bond acceptors (Lipinski definition) is 2. The summed E-state index contributed by atoms with van der Waals surface area (Å²) in [4.78, 5) is 0. The van der Waals surface area contributed by atoms with Crippen molar-refractivity contribution >= 4 is 106 Å². The van der Waals surface area contributed by atoms with E-state index in [1.165, 1.54) is 117 Å². The monoisotopic (exact) mass is 718 g/mol. The van der Waals surface area contributed by atoms with Crippen LogP contribution in [0.25, 0.3) is 117 Å². The van der Waals surface area contributed by atoms with E-state index in [2.05, 4.69) is 182 Å². The molecule has 0 saturated heterocycles. The molecule has 0 aliphatic rings. The van der Waals surface area contributed by atoms with Crippen LogP contribution in [-0.2, 0) is 0 Å². The van der Waals surface area contributed by atoms with Gasteiger partial charge in [-0.05, 0) is 101 Å². The summed E-state index contributed by atoms with van der Waals surface area (Å²) in [6.45, 7) is 0. The van der Waals surface area contributed by atoms with Gasteiger partial charge in [0.2, 0.25) is 0 Å². The average Bonchev–Trinajstić information content (AvgIpc) is 3.80. The lowest BCUT2D eigenvalue weighted by atomic mass is 9.84. The van der Waals surface area contributed by atoms with Crippen LogP contribution in [0.5, 0.6) is 0 Å². The molecule has 0 nitrogen and oxygen atoms in total. The molecule has 0 spiro atoms. The number of benzene rings is 10. The molecule has 0 aliphatic carbocycles. The lowest BCUT2D eigenvalue weighted by Gasteiger charge is -2.19. The highest BCUT2D eigenvalue weighted by atomic mass is 32.1. The highest BCUT2D eigenvalue weighted by Crippen LogP contribution is 2.54. The van der Waals surface area contributed by atoms with E-state index in [0.717, 1.165) is 0 Å². The molecule has 54 heavy (non-hydrogen) atoms. The van der Waals surface area contributed by atoms with Crippen LogP contribution in [0.2, 0.25) is 0 Å². The molecule has 2 aromatic heterocycles. The standard InChI is InChI=1S/C52H30S2/c1-2-14-33-28-35(25-24-31(33)12-1)34-15-11-16-36(29-34)47-38-18-5-7-20-40(38)49(41-21-8-6-19-39(41)47)51-50-42-22-9-10-23-44(42)53-46(50)30-43-48-37-17-4-3-13-32(37)26-27-45(48)54-52(43)51/h1-30H. The van der Waals surface area contributed by atoms with Crippen LogP contribution in [-0.4, -0.2) is 0 Å². The van der Waals surface area contributed by atoms with Gasteiger partial charge in [-0.1, -0.05) is 152 Å². The molecule has 12 rings (SSSR count). The second kappa shape index (κ2) is 11.6. The van der Waals surface area contributed by atoms with Crippen molar-refractivity contribution in [1.82, 2.24) is 0 Å². The third-order valence-corrected chi connectivity index (χ3v) is 13.7. The van der Waals surface area contributed by atoms with E-state index in [0.29, 0.717) is 0 Å². The molecule has 0 atom stereocenters. The van der Waals surface area contributed by atoms with Crippen LogP contribution in [0.15, 0.2) is 182 Å². The van der Waals surface area contributed by atoms with Crippen LogP contribution in [0.1, 0.15) is 0 Å². The Balaban J connectivity index is 1.21. The fraction of sp³-hybridized carbons (Fsp3) is 0. The molecule has 0 amide bonds. The maximum Gasteiger partial charge on any atom is 0.0441 e. The molecule has 250 valence electrons. The van der Waals surface area contributed by atoms with Crippen molar-refractivity contribution in [3.63, 3.8) is 0 Å². The van der Waals surface area contributed by atoms with Gasteiger partial charge in [-0.25, -0.2) is 0 Å². The van der Waals surface area contributed by atoms with Crippen LogP contribution < -0.4 is 0 Å². The third kappa shape index (κ3) is 4.36. The van der Waals surface area contributed by atoms with E-state index >= 15 is 0 Å². The number of rotatable bonds is 3. The summed E-state index contributed by atoms with van der Waals surface area (Å²) in [5, 5.41) is 15.7. The van der Waals surface area contributed by atoms with Gasteiger partial charge in [-0.15, -0.1) is 22.7 Å². The van der Waals surface area contributed by atoms with Crippen molar-refractivity contribution in [1.29, 1.82) is 0 Å². The fourth-order valence-corrected chi connectivity index (χ4v) is 11.5. The Morgan fingerprint density at radius 2 is 0.852 bits per heavy atom. The first-order valence-corrected chi connectivity index (χ1v) is 20.1. The second-order valence-corrected chi connectivity index (χ2v) is 16.5. The smallest absolute Gasteiger partial charge is 0.0441 e.